The van der Waals surface area contributed by atoms with Crippen LogP contribution in [-0.2, 0) is 17.8 Å². The number of carbonyl (C=O) groups excluding carboxylic acids is 1. The fraction of sp³-hybridized carbons (Fsp3) is 0.692. The molecule has 0 aliphatic rings. The highest BCUT2D eigenvalue weighted by Crippen LogP contribution is 2.19. The molecule has 1 N–H and O–H groups in total. The van der Waals surface area contributed by atoms with Crippen molar-refractivity contribution in [1.29, 1.82) is 0 Å². The number of benzene rings is 1. The molecule has 0 fully saturated rings. The summed E-state index contributed by atoms with van der Waals surface area (Å²) in [5, 5.41) is 3.02. The van der Waals surface area contributed by atoms with Gasteiger partial charge in [-0.1, -0.05) is 83.8 Å². The maximum absolute atomic E-state index is 11.6. The number of imidazole rings is 1. The maximum Gasteiger partial charge on any atom is 0.219 e. The van der Waals surface area contributed by atoms with E-state index >= 15 is 0 Å². The molecule has 0 aliphatic carbocycles. The number of fused-ring (bicyclic) bond motifs is 1. The van der Waals surface area contributed by atoms with E-state index in [2.05, 4.69) is 41.1 Å². The second-order valence-electron chi connectivity index (χ2n) is 8.55. The molecule has 2 rings (SSSR count). The highest BCUT2D eigenvalue weighted by atomic mass is 16.1. The Morgan fingerprint density at radius 3 is 2.23 bits per heavy atom. The average Bonchev–Trinajstić information content (AvgIpc) is 3.10. The first kappa shape index (κ1) is 24.4. The molecule has 0 unspecified atom stereocenters. The van der Waals surface area contributed by atoms with Crippen molar-refractivity contribution in [2.75, 3.05) is 6.54 Å². The van der Waals surface area contributed by atoms with Crippen LogP contribution in [0, 0.1) is 0 Å². The summed E-state index contributed by atoms with van der Waals surface area (Å²) < 4.78 is 2.41. The monoisotopic (exact) mass is 413 g/mol. The number of nitrogens with zero attached hydrogens (tertiary/aromatic N) is 2. The van der Waals surface area contributed by atoms with Gasteiger partial charge in [-0.25, -0.2) is 4.98 Å². The van der Waals surface area contributed by atoms with Crippen LogP contribution >= 0.6 is 0 Å². The minimum Gasteiger partial charge on any atom is -0.356 e. The third kappa shape index (κ3) is 8.89. The van der Waals surface area contributed by atoms with Crippen molar-refractivity contribution in [1.82, 2.24) is 14.9 Å². The summed E-state index contributed by atoms with van der Waals surface area (Å²) in [5.74, 6) is 1.33. The van der Waals surface area contributed by atoms with E-state index in [0.717, 1.165) is 43.7 Å². The first-order chi connectivity index (χ1) is 14.8. The molecule has 0 radical (unpaired) electrons. The van der Waals surface area contributed by atoms with Gasteiger partial charge in [0.15, 0.2) is 0 Å². The Balaban J connectivity index is 1.74. The molecule has 0 spiro atoms. The SMILES string of the molecule is CCCCCCCCCCCCn1c(CCCNC(=O)CCC)nc2ccccc21. The Kier molecular flexibility index (Phi) is 12.2. The summed E-state index contributed by atoms with van der Waals surface area (Å²) in [4.78, 5) is 16.5. The van der Waals surface area contributed by atoms with E-state index in [-0.39, 0.29) is 5.91 Å². The highest BCUT2D eigenvalue weighted by Gasteiger charge is 2.10. The molecule has 0 saturated carbocycles. The van der Waals surface area contributed by atoms with Gasteiger partial charge in [0.1, 0.15) is 5.82 Å². The lowest BCUT2D eigenvalue weighted by atomic mass is 10.1. The van der Waals surface area contributed by atoms with Gasteiger partial charge in [-0.2, -0.15) is 0 Å². The highest BCUT2D eigenvalue weighted by molar-refractivity contribution is 5.76. The fourth-order valence-corrected chi connectivity index (χ4v) is 4.11. The number of para-hydroxylation sites is 2. The van der Waals surface area contributed by atoms with Crippen LogP contribution in [0.4, 0.5) is 0 Å². The number of hydrogen-bond donors (Lipinski definition) is 1. The van der Waals surface area contributed by atoms with Gasteiger partial charge in [0.05, 0.1) is 11.0 Å². The molecule has 1 amide bonds. The summed E-state index contributed by atoms with van der Waals surface area (Å²) in [5.41, 5.74) is 2.34. The zero-order valence-electron chi connectivity index (χ0n) is 19.4. The Morgan fingerprint density at radius 2 is 1.53 bits per heavy atom. The van der Waals surface area contributed by atoms with Gasteiger partial charge in [0, 0.05) is 25.9 Å². The van der Waals surface area contributed by atoms with Gasteiger partial charge in [0.25, 0.3) is 0 Å². The summed E-state index contributed by atoms with van der Waals surface area (Å²) in [6.45, 7) is 6.10. The molecule has 2 aromatic rings. The number of aryl methyl sites for hydroxylation is 2. The summed E-state index contributed by atoms with van der Waals surface area (Å²) in [7, 11) is 0. The van der Waals surface area contributed by atoms with Crippen LogP contribution in [0.1, 0.15) is 103 Å². The van der Waals surface area contributed by atoms with Crippen LogP contribution in [0.25, 0.3) is 11.0 Å². The minimum absolute atomic E-state index is 0.163. The van der Waals surface area contributed by atoms with Gasteiger partial charge in [-0.3, -0.25) is 4.79 Å². The van der Waals surface area contributed by atoms with Crippen molar-refractivity contribution in [3.8, 4) is 0 Å². The zero-order chi connectivity index (χ0) is 21.4. The molecule has 1 aromatic heterocycles. The largest absolute Gasteiger partial charge is 0.356 e. The van der Waals surface area contributed by atoms with E-state index in [9.17, 15) is 4.79 Å². The van der Waals surface area contributed by atoms with Crippen molar-refractivity contribution >= 4 is 16.9 Å². The van der Waals surface area contributed by atoms with Crippen LogP contribution in [-0.4, -0.2) is 22.0 Å². The summed E-state index contributed by atoms with van der Waals surface area (Å²) in [6.07, 6.45) is 17.0. The molecule has 1 aromatic carbocycles. The molecule has 4 nitrogen and oxygen atoms in total. The number of carbonyl (C=O) groups is 1. The lowest BCUT2D eigenvalue weighted by Crippen LogP contribution is -2.24. The predicted molar refractivity (Wildman–Crippen MR) is 128 cm³/mol. The molecule has 0 bridgehead atoms. The molecular weight excluding hydrogens is 370 g/mol. The van der Waals surface area contributed by atoms with Crippen LogP contribution in [0.5, 0.6) is 0 Å². The molecule has 1 heterocycles. The van der Waals surface area contributed by atoms with Gasteiger partial charge in [-0.15, -0.1) is 0 Å². The number of rotatable bonds is 17. The summed E-state index contributed by atoms with van der Waals surface area (Å²) >= 11 is 0. The number of hydrogen-bond acceptors (Lipinski definition) is 2. The van der Waals surface area contributed by atoms with E-state index in [1.54, 1.807) is 0 Å². The zero-order valence-corrected chi connectivity index (χ0v) is 19.4. The van der Waals surface area contributed by atoms with Gasteiger partial charge < -0.3 is 9.88 Å². The molecular formula is C26H43N3O. The lowest BCUT2D eigenvalue weighted by Gasteiger charge is -2.10. The normalized spacial score (nSPS) is 11.3. The van der Waals surface area contributed by atoms with E-state index in [1.165, 1.54) is 69.7 Å². The third-order valence-electron chi connectivity index (χ3n) is 5.85. The second kappa shape index (κ2) is 15.0. The van der Waals surface area contributed by atoms with E-state index in [1.807, 2.05) is 6.92 Å². The molecule has 168 valence electrons. The standard InChI is InChI=1S/C26H43N3O/c1-3-5-6-7-8-9-10-11-12-15-22-29-24-19-14-13-18-23(24)28-25(29)20-16-21-27-26(30)17-4-2/h13-14,18-19H,3-12,15-17,20-22H2,1-2H3,(H,27,30). The summed E-state index contributed by atoms with van der Waals surface area (Å²) in [6, 6.07) is 8.46. The Morgan fingerprint density at radius 1 is 0.867 bits per heavy atom. The third-order valence-corrected chi connectivity index (χ3v) is 5.85. The molecule has 4 heteroatoms. The molecule has 0 atom stereocenters. The number of amides is 1. The predicted octanol–water partition coefficient (Wildman–Crippen LogP) is 6.81. The van der Waals surface area contributed by atoms with Crippen molar-refractivity contribution in [3.05, 3.63) is 30.1 Å². The van der Waals surface area contributed by atoms with Crippen LogP contribution in [0.3, 0.4) is 0 Å². The number of unbranched alkanes of at least 4 members (excludes halogenated alkanes) is 9. The van der Waals surface area contributed by atoms with Crippen LogP contribution in [0.15, 0.2) is 24.3 Å². The first-order valence-electron chi connectivity index (χ1n) is 12.5. The van der Waals surface area contributed by atoms with Gasteiger partial charge in [0.2, 0.25) is 5.91 Å². The van der Waals surface area contributed by atoms with Crippen LogP contribution in [0.2, 0.25) is 0 Å². The number of nitrogens with one attached hydrogen (secondary N) is 1. The number of aromatic nitrogens is 2. The van der Waals surface area contributed by atoms with E-state index in [0.29, 0.717) is 6.42 Å². The van der Waals surface area contributed by atoms with Crippen molar-refractivity contribution in [2.45, 2.75) is 110 Å². The minimum atomic E-state index is 0.163. The fourth-order valence-electron chi connectivity index (χ4n) is 4.11. The topological polar surface area (TPSA) is 46.9 Å². The second-order valence-corrected chi connectivity index (χ2v) is 8.55. The van der Waals surface area contributed by atoms with Crippen molar-refractivity contribution in [3.63, 3.8) is 0 Å². The van der Waals surface area contributed by atoms with E-state index < -0.39 is 0 Å². The van der Waals surface area contributed by atoms with Crippen LogP contribution < -0.4 is 5.32 Å². The molecule has 30 heavy (non-hydrogen) atoms. The van der Waals surface area contributed by atoms with Crippen molar-refractivity contribution in [2.24, 2.45) is 0 Å². The maximum atomic E-state index is 11.6. The Labute approximate surface area is 183 Å². The van der Waals surface area contributed by atoms with Crippen molar-refractivity contribution < 1.29 is 4.79 Å². The molecule has 0 aliphatic heterocycles. The quantitative estimate of drug-likeness (QED) is 0.290. The van der Waals surface area contributed by atoms with Gasteiger partial charge >= 0.3 is 0 Å². The average molecular weight is 414 g/mol. The van der Waals surface area contributed by atoms with E-state index in [4.69, 9.17) is 4.98 Å². The Hall–Kier alpha value is -1.84. The lowest BCUT2D eigenvalue weighted by molar-refractivity contribution is -0.121. The Bertz CT molecular complexity index is 722. The first-order valence-corrected chi connectivity index (χ1v) is 12.5. The molecule has 0 saturated heterocycles. The smallest absolute Gasteiger partial charge is 0.219 e. The van der Waals surface area contributed by atoms with Gasteiger partial charge in [-0.05, 0) is 31.4 Å².